The van der Waals surface area contributed by atoms with Crippen molar-refractivity contribution in [2.45, 2.75) is 0 Å². The Labute approximate surface area is 69.8 Å². The van der Waals surface area contributed by atoms with Gasteiger partial charge in [0.25, 0.3) is 0 Å². The lowest BCUT2D eigenvalue weighted by atomic mass is 10.2. The fourth-order valence-corrected chi connectivity index (χ4v) is 1.07. The zero-order chi connectivity index (χ0) is 8.39. The number of benzene rings is 1. The van der Waals surface area contributed by atoms with Crippen molar-refractivity contribution >= 4 is 5.88 Å². The van der Waals surface area contributed by atoms with Gasteiger partial charge in [0.15, 0.2) is 6.39 Å². The Balaban J connectivity index is 2.51. The zero-order valence-corrected chi connectivity index (χ0v) is 6.40. The molecule has 0 radical (unpaired) electrons. The molecule has 3 heteroatoms. The Bertz CT molecular complexity index is 367. The lowest BCUT2D eigenvalue weighted by Gasteiger charge is -1.94. The van der Waals surface area contributed by atoms with Crippen LogP contribution in [-0.4, -0.2) is 4.98 Å². The van der Waals surface area contributed by atoms with Gasteiger partial charge in [-0.05, 0) is 0 Å². The third kappa shape index (κ3) is 1.05. The van der Waals surface area contributed by atoms with Gasteiger partial charge in [-0.25, -0.2) is 4.98 Å². The Morgan fingerprint density at radius 2 is 1.92 bits per heavy atom. The highest BCUT2D eigenvalue weighted by Crippen LogP contribution is 2.22. The van der Waals surface area contributed by atoms with Crippen LogP contribution in [-0.2, 0) is 0 Å². The summed E-state index contributed by atoms with van der Waals surface area (Å²) < 4.78 is 4.89. The highest BCUT2D eigenvalue weighted by Gasteiger charge is 2.04. The predicted molar refractivity (Wildman–Crippen MR) is 46.4 cm³/mol. The third-order valence-electron chi connectivity index (χ3n) is 1.64. The van der Waals surface area contributed by atoms with Gasteiger partial charge in [-0.3, -0.25) is 0 Å². The molecule has 1 aromatic heterocycles. The Morgan fingerprint density at radius 1 is 1.17 bits per heavy atom. The number of nitrogens with zero attached hydrogens (tertiary/aromatic N) is 1. The van der Waals surface area contributed by atoms with Crippen LogP contribution >= 0.6 is 0 Å². The summed E-state index contributed by atoms with van der Waals surface area (Å²) in [6.07, 6.45) is 1.34. The molecule has 0 saturated carbocycles. The van der Waals surface area contributed by atoms with Crippen molar-refractivity contribution in [3.8, 4) is 11.3 Å². The van der Waals surface area contributed by atoms with E-state index in [-0.39, 0.29) is 0 Å². The molecule has 0 amide bonds. The summed E-state index contributed by atoms with van der Waals surface area (Å²) in [5, 5.41) is 0. The van der Waals surface area contributed by atoms with Gasteiger partial charge in [0.1, 0.15) is 5.69 Å². The molecule has 0 bridgehead atoms. The van der Waals surface area contributed by atoms with E-state index in [0.29, 0.717) is 11.6 Å². The summed E-state index contributed by atoms with van der Waals surface area (Å²) in [7, 11) is 0. The van der Waals surface area contributed by atoms with Crippen LogP contribution < -0.4 is 5.73 Å². The van der Waals surface area contributed by atoms with E-state index in [0.717, 1.165) is 5.56 Å². The molecule has 0 aliphatic carbocycles. The lowest BCUT2D eigenvalue weighted by Crippen LogP contribution is -1.85. The highest BCUT2D eigenvalue weighted by molar-refractivity contribution is 5.68. The van der Waals surface area contributed by atoms with Crippen molar-refractivity contribution in [1.29, 1.82) is 0 Å². The maximum Gasteiger partial charge on any atom is 0.218 e. The van der Waals surface area contributed by atoms with Gasteiger partial charge in [0, 0.05) is 5.56 Å². The van der Waals surface area contributed by atoms with Gasteiger partial charge in [-0.2, -0.15) is 0 Å². The number of hydrogen-bond acceptors (Lipinski definition) is 3. The smallest absolute Gasteiger partial charge is 0.218 e. The Morgan fingerprint density at radius 3 is 2.50 bits per heavy atom. The highest BCUT2D eigenvalue weighted by atomic mass is 16.3. The third-order valence-corrected chi connectivity index (χ3v) is 1.64. The molecule has 60 valence electrons. The average Bonchev–Trinajstić information content (AvgIpc) is 2.53. The van der Waals surface area contributed by atoms with Crippen molar-refractivity contribution in [2.75, 3.05) is 5.73 Å². The molecule has 0 unspecified atom stereocenters. The summed E-state index contributed by atoms with van der Waals surface area (Å²) in [6.45, 7) is 0. The number of nitrogen functional groups attached to an aromatic ring is 1. The van der Waals surface area contributed by atoms with Crippen LogP contribution in [0.1, 0.15) is 0 Å². The van der Waals surface area contributed by atoms with Crippen molar-refractivity contribution in [3.05, 3.63) is 36.7 Å². The maximum atomic E-state index is 5.54. The van der Waals surface area contributed by atoms with E-state index < -0.39 is 0 Å². The molecule has 0 spiro atoms. The molecule has 0 saturated heterocycles. The molecule has 0 fully saturated rings. The fourth-order valence-electron chi connectivity index (χ4n) is 1.07. The maximum absolute atomic E-state index is 5.54. The molecular weight excluding hydrogens is 152 g/mol. The number of anilines is 1. The van der Waals surface area contributed by atoms with Crippen LogP contribution in [0, 0.1) is 0 Å². The van der Waals surface area contributed by atoms with Crippen molar-refractivity contribution in [3.63, 3.8) is 0 Å². The molecule has 1 aromatic carbocycles. The van der Waals surface area contributed by atoms with Gasteiger partial charge in [-0.1, -0.05) is 30.3 Å². The molecule has 2 N–H and O–H groups in total. The quantitative estimate of drug-likeness (QED) is 0.693. The molecule has 2 rings (SSSR count). The monoisotopic (exact) mass is 160 g/mol. The second-order valence-electron chi connectivity index (χ2n) is 2.43. The van der Waals surface area contributed by atoms with Crippen LogP contribution in [0.25, 0.3) is 11.3 Å². The van der Waals surface area contributed by atoms with E-state index in [9.17, 15) is 0 Å². The SMILES string of the molecule is Nc1ocnc1-c1ccccc1. The van der Waals surface area contributed by atoms with Crippen LogP contribution in [0.2, 0.25) is 0 Å². The predicted octanol–water partition coefficient (Wildman–Crippen LogP) is 1.92. The summed E-state index contributed by atoms with van der Waals surface area (Å²) >= 11 is 0. The summed E-state index contributed by atoms with van der Waals surface area (Å²) in [5.74, 6) is 0.362. The van der Waals surface area contributed by atoms with Gasteiger partial charge >= 0.3 is 0 Å². The lowest BCUT2D eigenvalue weighted by molar-refractivity contribution is 0.577. The van der Waals surface area contributed by atoms with Crippen LogP contribution in [0.15, 0.2) is 41.1 Å². The summed E-state index contributed by atoms with van der Waals surface area (Å²) in [6, 6.07) is 9.69. The molecule has 0 aliphatic heterocycles. The number of hydrogen-bond donors (Lipinski definition) is 1. The largest absolute Gasteiger partial charge is 0.428 e. The number of nitrogens with two attached hydrogens (primary N) is 1. The van der Waals surface area contributed by atoms with Crippen molar-refractivity contribution < 1.29 is 4.42 Å². The van der Waals surface area contributed by atoms with E-state index in [1.165, 1.54) is 6.39 Å². The van der Waals surface area contributed by atoms with Gasteiger partial charge < -0.3 is 10.2 Å². The second kappa shape index (κ2) is 2.70. The molecule has 0 aliphatic rings. The number of oxazole rings is 1. The minimum absolute atomic E-state index is 0.362. The van der Waals surface area contributed by atoms with E-state index in [1.807, 2.05) is 30.3 Å². The van der Waals surface area contributed by atoms with E-state index in [4.69, 9.17) is 10.2 Å². The standard InChI is InChI=1S/C9H8N2O/c10-9-8(11-6-12-9)7-4-2-1-3-5-7/h1-6H,10H2. The topological polar surface area (TPSA) is 52.0 Å². The molecule has 3 nitrogen and oxygen atoms in total. The second-order valence-corrected chi connectivity index (χ2v) is 2.43. The normalized spacial score (nSPS) is 10.0. The van der Waals surface area contributed by atoms with Gasteiger partial charge in [-0.15, -0.1) is 0 Å². The van der Waals surface area contributed by atoms with Crippen molar-refractivity contribution in [2.24, 2.45) is 0 Å². The van der Waals surface area contributed by atoms with Crippen LogP contribution in [0.3, 0.4) is 0 Å². The fraction of sp³-hybridized carbons (Fsp3) is 0. The van der Waals surface area contributed by atoms with E-state index in [2.05, 4.69) is 4.98 Å². The zero-order valence-electron chi connectivity index (χ0n) is 6.40. The molecule has 1 heterocycles. The molecule has 0 atom stereocenters. The Kier molecular flexibility index (Phi) is 1.55. The van der Waals surface area contributed by atoms with Crippen LogP contribution in [0.4, 0.5) is 5.88 Å². The first-order valence-corrected chi connectivity index (χ1v) is 3.62. The van der Waals surface area contributed by atoms with E-state index in [1.54, 1.807) is 0 Å². The molecular formula is C9H8N2O. The van der Waals surface area contributed by atoms with Crippen LogP contribution in [0.5, 0.6) is 0 Å². The number of aromatic nitrogens is 1. The van der Waals surface area contributed by atoms with E-state index >= 15 is 0 Å². The summed E-state index contributed by atoms with van der Waals surface area (Å²) in [4.78, 5) is 3.99. The first-order chi connectivity index (χ1) is 5.88. The van der Waals surface area contributed by atoms with Gasteiger partial charge in [0.05, 0.1) is 0 Å². The number of rotatable bonds is 1. The van der Waals surface area contributed by atoms with Gasteiger partial charge in [0.2, 0.25) is 5.88 Å². The van der Waals surface area contributed by atoms with Crippen molar-refractivity contribution in [1.82, 2.24) is 4.98 Å². The Hall–Kier alpha value is -1.77. The first kappa shape index (κ1) is 6.91. The molecule has 12 heavy (non-hydrogen) atoms. The minimum atomic E-state index is 0.362. The summed E-state index contributed by atoms with van der Waals surface area (Å²) in [5.41, 5.74) is 7.22. The average molecular weight is 160 g/mol. The minimum Gasteiger partial charge on any atom is -0.428 e. The molecule has 2 aromatic rings. The first-order valence-electron chi connectivity index (χ1n) is 3.62.